The summed E-state index contributed by atoms with van der Waals surface area (Å²) in [6, 6.07) is 10.5. The lowest BCUT2D eigenvalue weighted by molar-refractivity contribution is 0.456. The van der Waals surface area contributed by atoms with E-state index in [0.717, 1.165) is 24.3 Å². The largest absolute Gasteiger partial charge is 0.439 e. The van der Waals surface area contributed by atoms with Crippen LogP contribution in [0.2, 0.25) is 0 Å². The summed E-state index contributed by atoms with van der Waals surface area (Å²) >= 11 is 0. The minimum absolute atomic E-state index is 0.300. The fourth-order valence-electron chi connectivity index (χ4n) is 2.26. The molecule has 0 aliphatic rings. The zero-order chi connectivity index (χ0) is 15.2. The number of benzene rings is 1. The van der Waals surface area contributed by atoms with Crippen molar-refractivity contribution in [2.45, 2.75) is 40.2 Å². The summed E-state index contributed by atoms with van der Waals surface area (Å²) in [6.07, 6.45) is 2.93. The topological polar surface area (TPSA) is 34.2 Å². The molecule has 1 aromatic heterocycles. The molecule has 21 heavy (non-hydrogen) atoms. The molecule has 0 amide bonds. The third-order valence-electron chi connectivity index (χ3n) is 3.50. The maximum absolute atomic E-state index is 5.92. The van der Waals surface area contributed by atoms with Crippen molar-refractivity contribution in [1.82, 2.24) is 10.3 Å². The molecule has 1 atom stereocenters. The number of aromatic nitrogens is 1. The summed E-state index contributed by atoms with van der Waals surface area (Å²) in [5.74, 6) is 1.50. The van der Waals surface area contributed by atoms with E-state index in [2.05, 4.69) is 50.1 Å². The number of aryl methyl sites for hydroxylation is 2. The Morgan fingerprint density at radius 2 is 2.00 bits per heavy atom. The number of hydrogen-bond donors (Lipinski definition) is 1. The van der Waals surface area contributed by atoms with Crippen LogP contribution in [0.4, 0.5) is 0 Å². The van der Waals surface area contributed by atoms with Gasteiger partial charge in [-0.15, -0.1) is 0 Å². The van der Waals surface area contributed by atoms with Crippen molar-refractivity contribution in [3.63, 3.8) is 0 Å². The highest BCUT2D eigenvalue weighted by atomic mass is 16.5. The molecule has 1 heterocycles. The van der Waals surface area contributed by atoms with Crippen LogP contribution in [0.1, 0.15) is 43.0 Å². The molecule has 0 saturated carbocycles. The lowest BCUT2D eigenvalue weighted by Crippen LogP contribution is -2.19. The third kappa shape index (κ3) is 4.30. The van der Waals surface area contributed by atoms with Gasteiger partial charge in [-0.25, -0.2) is 4.98 Å². The van der Waals surface area contributed by atoms with Crippen molar-refractivity contribution in [2.24, 2.45) is 0 Å². The van der Waals surface area contributed by atoms with Crippen LogP contribution in [0.3, 0.4) is 0 Å². The van der Waals surface area contributed by atoms with Gasteiger partial charge in [0.2, 0.25) is 5.88 Å². The molecule has 0 saturated heterocycles. The average Bonchev–Trinajstić information content (AvgIpc) is 2.48. The molecule has 1 aromatic carbocycles. The molecule has 112 valence electrons. The molecule has 1 unspecified atom stereocenters. The third-order valence-corrected chi connectivity index (χ3v) is 3.50. The van der Waals surface area contributed by atoms with Crippen LogP contribution in [-0.4, -0.2) is 11.5 Å². The first-order chi connectivity index (χ1) is 10.1. The average molecular weight is 284 g/mol. The van der Waals surface area contributed by atoms with Crippen LogP contribution in [0.25, 0.3) is 0 Å². The van der Waals surface area contributed by atoms with E-state index < -0.39 is 0 Å². The van der Waals surface area contributed by atoms with E-state index in [9.17, 15) is 0 Å². The molecular weight excluding hydrogens is 260 g/mol. The van der Waals surface area contributed by atoms with E-state index in [-0.39, 0.29) is 0 Å². The summed E-state index contributed by atoms with van der Waals surface area (Å²) in [5.41, 5.74) is 3.55. The molecule has 1 N–H and O–H groups in total. The van der Waals surface area contributed by atoms with E-state index in [1.807, 2.05) is 18.2 Å². The van der Waals surface area contributed by atoms with Crippen molar-refractivity contribution in [1.29, 1.82) is 0 Å². The Bertz CT molecular complexity index is 596. The van der Waals surface area contributed by atoms with Crippen molar-refractivity contribution in [2.75, 3.05) is 6.54 Å². The number of nitrogens with one attached hydrogen (secondary N) is 1. The van der Waals surface area contributed by atoms with Gasteiger partial charge in [0.1, 0.15) is 5.75 Å². The van der Waals surface area contributed by atoms with Crippen LogP contribution >= 0.6 is 0 Å². The van der Waals surface area contributed by atoms with Crippen molar-refractivity contribution < 1.29 is 4.74 Å². The van der Waals surface area contributed by atoms with E-state index in [0.29, 0.717) is 11.9 Å². The monoisotopic (exact) mass is 284 g/mol. The van der Waals surface area contributed by atoms with Gasteiger partial charge in [-0.2, -0.15) is 0 Å². The fourth-order valence-corrected chi connectivity index (χ4v) is 2.26. The summed E-state index contributed by atoms with van der Waals surface area (Å²) < 4.78 is 5.92. The van der Waals surface area contributed by atoms with Gasteiger partial charge in [-0.05, 0) is 57.0 Å². The van der Waals surface area contributed by atoms with Gasteiger partial charge in [-0.1, -0.05) is 24.6 Å². The Kier molecular flexibility index (Phi) is 5.34. The van der Waals surface area contributed by atoms with Crippen molar-refractivity contribution >= 4 is 0 Å². The molecule has 0 aliphatic carbocycles. The molecule has 0 spiro atoms. The first-order valence-corrected chi connectivity index (χ1v) is 7.54. The van der Waals surface area contributed by atoms with E-state index in [4.69, 9.17) is 4.74 Å². The molecular formula is C18H24N2O. The first-order valence-electron chi connectivity index (χ1n) is 7.54. The molecule has 0 aliphatic heterocycles. The SMILES string of the molecule is CCCNC(C)c1ccnc(Oc2ccc(C)cc2C)c1. The smallest absolute Gasteiger partial charge is 0.219 e. The lowest BCUT2D eigenvalue weighted by Gasteiger charge is -2.15. The van der Waals surface area contributed by atoms with Crippen LogP contribution in [0, 0.1) is 13.8 Å². The highest BCUT2D eigenvalue weighted by molar-refractivity contribution is 5.38. The summed E-state index contributed by atoms with van der Waals surface area (Å²) in [7, 11) is 0. The number of pyridine rings is 1. The Morgan fingerprint density at radius 1 is 1.19 bits per heavy atom. The van der Waals surface area contributed by atoms with E-state index in [1.54, 1.807) is 6.20 Å². The number of nitrogens with zero attached hydrogens (tertiary/aromatic N) is 1. The lowest BCUT2D eigenvalue weighted by atomic mass is 10.1. The van der Waals surface area contributed by atoms with Gasteiger partial charge < -0.3 is 10.1 Å². The Morgan fingerprint density at radius 3 is 2.71 bits per heavy atom. The number of hydrogen-bond acceptors (Lipinski definition) is 3. The quantitative estimate of drug-likeness (QED) is 0.845. The fraction of sp³-hybridized carbons (Fsp3) is 0.389. The van der Waals surface area contributed by atoms with Gasteiger partial charge in [-0.3, -0.25) is 0 Å². The minimum Gasteiger partial charge on any atom is -0.439 e. The Balaban J connectivity index is 2.13. The minimum atomic E-state index is 0.300. The standard InChI is InChI=1S/C18H24N2O/c1-5-9-19-15(4)16-8-10-20-18(12-16)21-17-7-6-13(2)11-14(17)3/h6-8,10-12,15,19H,5,9H2,1-4H3. The van der Waals surface area contributed by atoms with Gasteiger partial charge in [0.05, 0.1) is 0 Å². The van der Waals surface area contributed by atoms with Crippen LogP contribution < -0.4 is 10.1 Å². The molecule has 0 fully saturated rings. The highest BCUT2D eigenvalue weighted by Crippen LogP contribution is 2.26. The summed E-state index contributed by atoms with van der Waals surface area (Å²) in [6.45, 7) is 9.47. The van der Waals surface area contributed by atoms with Crippen LogP contribution in [-0.2, 0) is 0 Å². The predicted molar refractivity (Wildman–Crippen MR) is 86.9 cm³/mol. The second kappa shape index (κ2) is 7.23. The van der Waals surface area contributed by atoms with Crippen molar-refractivity contribution in [3.05, 3.63) is 53.2 Å². The summed E-state index contributed by atoms with van der Waals surface area (Å²) in [4.78, 5) is 4.31. The number of ether oxygens (including phenoxy) is 1. The molecule has 2 rings (SSSR count). The summed E-state index contributed by atoms with van der Waals surface area (Å²) in [5, 5.41) is 3.48. The Labute approximate surface area is 127 Å². The normalized spacial score (nSPS) is 12.2. The van der Waals surface area contributed by atoms with Gasteiger partial charge >= 0.3 is 0 Å². The maximum Gasteiger partial charge on any atom is 0.219 e. The molecule has 0 bridgehead atoms. The molecule has 3 heteroatoms. The van der Waals surface area contributed by atoms with Crippen molar-refractivity contribution in [3.8, 4) is 11.6 Å². The van der Waals surface area contributed by atoms with Gasteiger partial charge in [0.25, 0.3) is 0 Å². The second-order valence-corrected chi connectivity index (χ2v) is 5.47. The van der Waals surface area contributed by atoms with Gasteiger partial charge in [0.15, 0.2) is 0 Å². The molecule has 0 radical (unpaired) electrons. The Hall–Kier alpha value is -1.87. The zero-order valence-corrected chi connectivity index (χ0v) is 13.3. The van der Waals surface area contributed by atoms with Crippen LogP contribution in [0.5, 0.6) is 11.6 Å². The predicted octanol–water partition coefficient (Wildman–Crippen LogP) is 4.55. The second-order valence-electron chi connectivity index (χ2n) is 5.47. The van der Waals surface area contributed by atoms with E-state index in [1.165, 1.54) is 11.1 Å². The first kappa shape index (κ1) is 15.5. The van der Waals surface area contributed by atoms with Crippen LogP contribution in [0.15, 0.2) is 36.5 Å². The zero-order valence-electron chi connectivity index (χ0n) is 13.3. The highest BCUT2D eigenvalue weighted by Gasteiger charge is 2.08. The van der Waals surface area contributed by atoms with E-state index >= 15 is 0 Å². The maximum atomic E-state index is 5.92. The van der Waals surface area contributed by atoms with Gasteiger partial charge in [0, 0.05) is 18.3 Å². The number of rotatable bonds is 6. The molecule has 2 aromatic rings. The molecule has 3 nitrogen and oxygen atoms in total.